The van der Waals surface area contributed by atoms with Crippen LogP contribution in [0.5, 0.6) is 5.75 Å². The van der Waals surface area contributed by atoms with Crippen molar-refractivity contribution in [2.45, 2.75) is 0 Å². The molecular formula is C12H11NO3. The number of fused-ring (bicyclic) bond motifs is 1. The number of carboxylic acid groups (broad SMARTS) is 1. The van der Waals surface area contributed by atoms with Gasteiger partial charge in [-0.1, -0.05) is 18.2 Å². The number of rotatable bonds is 2. The van der Waals surface area contributed by atoms with E-state index in [4.69, 9.17) is 9.84 Å². The van der Waals surface area contributed by atoms with Crippen molar-refractivity contribution in [3.63, 3.8) is 0 Å². The molecule has 0 heterocycles. The van der Waals surface area contributed by atoms with Crippen molar-refractivity contribution in [1.29, 1.82) is 0 Å². The summed E-state index contributed by atoms with van der Waals surface area (Å²) in [5.74, 6) is 0.701. The molecule has 0 aliphatic rings. The van der Waals surface area contributed by atoms with Crippen LogP contribution in [0.3, 0.4) is 0 Å². The van der Waals surface area contributed by atoms with Crippen LogP contribution in [0.2, 0.25) is 0 Å². The summed E-state index contributed by atoms with van der Waals surface area (Å²) >= 11 is 0. The smallest absolute Gasteiger partial charge is 0.409 e. The minimum absolute atomic E-state index is 0.559. The number of methoxy groups -OCH3 is 1. The van der Waals surface area contributed by atoms with Crippen molar-refractivity contribution in [2.24, 2.45) is 0 Å². The van der Waals surface area contributed by atoms with Crippen LogP contribution in [-0.4, -0.2) is 18.3 Å². The van der Waals surface area contributed by atoms with Gasteiger partial charge in [0.05, 0.1) is 12.8 Å². The van der Waals surface area contributed by atoms with Gasteiger partial charge in [0.15, 0.2) is 0 Å². The summed E-state index contributed by atoms with van der Waals surface area (Å²) in [7, 11) is 1.58. The second kappa shape index (κ2) is 4.10. The quantitative estimate of drug-likeness (QED) is 0.813. The van der Waals surface area contributed by atoms with E-state index in [1.807, 2.05) is 18.2 Å². The molecule has 4 nitrogen and oxygen atoms in total. The molecule has 0 fully saturated rings. The summed E-state index contributed by atoms with van der Waals surface area (Å²) in [6.45, 7) is 0. The molecular weight excluding hydrogens is 206 g/mol. The summed E-state index contributed by atoms with van der Waals surface area (Å²) in [6, 6.07) is 11.0. The largest absolute Gasteiger partial charge is 0.497 e. The van der Waals surface area contributed by atoms with Gasteiger partial charge in [-0.15, -0.1) is 0 Å². The van der Waals surface area contributed by atoms with Gasteiger partial charge in [-0.2, -0.15) is 0 Å². The number of ether oxygens (including phenoxy) is 1. The lowest BCUT2D eigenvalue weighted by atomic mass is 10.1. The molecule has 16 heavy (non-hydrogen) atoms. The molecule has 0 unspecified atom stereocenters. The topological polar surface area (TPSA) is 58.6 Å². The maximum Gasteiger partial charge on any atom is 0.409 e. The molecule has 0 bridgehead atoms. The van der Waals surface area contributed by atoms with Crippen molar-refractivity contribution in [2.75, 3.05) is 12.4 Å². The predicted octanol–water partition coefficient (Wildman–Crippen LogP) is 2.94. The molecule has 82 valence electrons. The normalized spacial score (nSPS) is 10.1. The highest BCUT2D eigenvalue weighted by atomic mass is 16.5. The van der Waals surface area contributed by atoms with Gasteiger partial charge in [0.1, 0.15) is 5.75 Å². The van der Waals surface area contributed by atoms with Gasteiger partial charge in [0.2, 0.25) is 0 Å². The third kappa shape index (κ3) is 1.91. The van der Waals surface area contributed by atoms with E-state index in [-0.39, 0.29) is 0 Å². The summed E-state index contributed by atoms with van der Waals surface area (Å²) in [6.07, 6.45) is -1.07. The van der Waals surface area contributed by atoms with E-state index in [1.54, 1.807) is 25.3 Å². The number of nitrogens with one attached hydrogen (secondary N) is 1. The molecule has 0 spiro atoms. The highest BCUT2D eigenvalue weighted by Crippen LogP contribution is 2.27. The van der Waals surface area contributed by atoms with E-state index < -0.39 is 6.09 Å². The SMILES string of the molecule is COc1ccc2cccc(NC(=O)O)c2c1. The van der Waals surface area contributed by atoms with Crippen LogP contribution in [0.1, 0.15) is 0 Å². The number of hydrogen-bond donors (Lipinski definition) is 2. The maximum atomic E-state index is 10.6. The summed E-state index contributed by atoms with van der Waals surface area (Å²) < 4.78 is 5.11. The Labute approximate surface area is 92.5 Å². The van der Waals surface area contributed by atoms with Crippen LogP contribution >= 0.6 is 0 Å². The Morgan fingerprint density at radius 1 is 1.31 bits per heavy atom. The molecule has 2 N–H and O–H groups in total. The van der Waals surface area contributed by atoms with Crippen LogP contribution in [-0.2, 0) is 0 Å². The monoisotopic (exact) mass is 217 g/mol. The van der Waals surface area contributed by atoms with Gasteiger partial charge >= 0.3 is 6.09 Å². The third-order valence-electron chi connectivity index (χ3n) is 2.33. The molecule has 0 saturated heterocycles. The van der Waals surface area contributed by atoms with E-state index in [1.165, 1.54) is 0 Å². The van der Waals surface area contributed by atoms with Crippen molar-refractivity contribution in [1.82, 2.24) is 0 Å². The fourth-order valence-electron chi connectivity index (χ4n) is 1.60. The van der Waals surface area contributed by atoms with Crippen LogP contribution in [0.4, 0.5) is 10.5 Å². The Bertz CT molecular complexity index is 537. The second-order valence-electron chi connectivity index (χ2n) is 3.32. The number of benzene rings is 2. The van der Waals surface area contributed by atoms with Crippen LogP contribution in [0.25, 0.3) is 10.8 Å². The van der Waals surface area contributed by atoms with Gasteiger partial charge < -0.3 is 9.84 Å². The second-order valence-corrected chi connectivity index (χ2v) is 3.32. The Kier molecular flexibility index (Phi) is 2.64. The van der Waals surface area contributed by atoms with Crippen LogP contribution in [0, 0.1) is 0 Å². The highest BCUT2D eigenvalue weighted by Gasteiger charge is 2.04. The lowest BCUT2D eigenvalue weighted by Crippen LogP contribution is -2.07. The zero-order valence-corrected chi connectivity index (χ0v) is 8.73. The number of carbonyl (C=O) groups is 1. The lowest BCUT2D eigenvalue weighted by molar-refractivity contribution is 0.210. The van der Waals surface area contributed by atoms with Gasteiger partial charge in [-0.05, 0) is 23.6 Å². The van der Waals surface area contributed by atoms with E-state index in [9.17, 15) is 4.79 Å². The minimum Gasteiger partial charge on any atom is -0.497 e. The Balaban J connectivity index is 2.59. The average Bonchev–Trinajstić information content (AvgIpc) is 2.28. The van der Waals surface area contributed by atoms with Crippen molar-refractivity contribution in [3.8, 4) is 5.75 Å². The molecule has 2 aromatic carbocycles. The van der Waals surface area contributed by atoms with Crippen LogP contribution < -0.4 is 10.1 Å². The molecule has 0 aromatic heterocycles. The van der Waals surface area contributed by atoms with Crippen molar-refractivity contribution >= 4 is 22.6 Å². The van der Waals surface area contributed by atoms with Gasteiger partial charge in [0, 0.05) is 5.39 Å². The zero-order valence-electron chi connectivity index (χ0n) is 8.73. The predicted molar refractivity (Wildman–Crippen MR) is 62.1 cm³/mol. The van der Waals surface area contributed by atoms with E-state index in [0.29, 0.717) is 11.4 Å². The summed E-state index contributed by atoms with van der Waals surface area (Å²) in [4.78, 5) is 10.6. The number of hydrogen-bond acceptors (Lipinski definition) is 2. The molecule has 4 heteroatoms. The third-order valence-corrected chi connectivity index (χ3v) is 2.33. The molecule has 1 amide bonds. The molecule has 0 aliphatic heterocycles. The van der Waals surface area contributed by atoms with Crippen molar-refractivity contribution < 1.29 is 14.6 Å². The fraction of sp³-hybridized carbons (Fsp3) is 0.0833. The zero-order chi connectivity index (χ0) is 11.5. The van der Waals surface area contributed by atoms with E-state index in [2.05, 4.69) is 5.32 Å². The first-order valence-electron chi connectivity index (χ1n) is 4.77. The van der Waals surface area contributed by atoms with Gasteiger partial charge in [0.25, 0.3) is 0 Å². The summed E-state index contributed by atoms with van der Waals surface area (Å²) in [5.41, 5.74) is 0.559. The summed E-state index contributed by atoms with van der Waals surface area (Å²) in [5, 5.41) is 12.9. The first-order valence-corrected chi connectivity index (χ1v) is 4.77. The fourth-order valence-corrected chi connectivity index (χ4v) is 1.60. The highest BCUT2D eigenvalue weighted by molar-refractivity contribution is 6.00. The minimum atomic E-state index is -1.07. The molecule has 2 rings (SSSR count). The molecule has 0 atom stereocenters. The molecule has 0 radical (unpaired) electrons. The molecule has 2 aromatic rings. The van der Waals surface area contributed by atoms with E-state index in [0.717, 1.165) is 10.8 Å². The average molecular weight is 217 g/mol. The number of anilines is 1. The Hall–Kier alpha value is -2.23. The Morgan fingerprint density at radius 2 is 2.12 bits per heavy atom. The van der Waals surface area contributed by atoms with Gasteiger partial charge in [-0.3, -0.25) is 5.32 Å². The lowest BCUT2D eigenvalue weighted by Gasteiger charge is -2.07. The van der Waals surface area contributed by atoms with Gasteiger partial charge in [-0.25, -0.2) is 4.79 Å². The maximum absolute atomic E-state index is 10.6. The number of amides is 1. The Morgan fingerprint density at radius 3 is 2.81 bits per heavy atom. The van der Waals surface area contributed by atoms with Crippen molar-refractivity contribution in [3.05, 3.63) is 36.4 Å². The first kappa shape index (κ1) is 10.3. The molecule has 0 saturated carbocycles. The molecule has 0 aliphatic carbocycles. The standard InChI is InChI=1S/C12H11NO3/c1-16-9-6-5-8-3-2-4-11(10(8)7-9)13-12(14)15/h2-7,13H,1H3,(H,14,15). The first-order chi connectivity index (χ1) is 7.70. The van der Waals surface area contributed by atoms with Crippen LogP contribution in [0.15, 0.2) is 36.4 Å². The van der Waals surface area contributed by atoms with E-state index >= 15 is 0 Å².